The van der Waals surface area contributed by atoms with E-state index in [1.807, 2.05) is 20.8 Å². The van der Waals surface area contributed by atoms with Crippen molar-refractivity contribution in [2.45, 2.75) is 39.2 Å². The molecule has 0 aromatic heterocycles. The number of ether oxygens (including phenoxy) is 1. The van der Waals surface area contributed by atoms with Gasteiger partial charge in [0.1, 0.15) is 5.75 Å². The fourth-order valence-corrected chi connectivity index (χ4v) is 1.23. The van der Waals surface area contributed by atoms with Gasteiger partial charge in [0.05, 0.1) is 0 Å². The molecule has 2 nitrogen and oxygen atoms in total. The molecule has 17 heavy (non-hydrogen) atoms. The van der Waals surface area contributed by atoms with E-state index >= 15 is 0 Å². The van der Waals surface area contributed by atoms with Crippen LogP contribution in [0.2, 0.25) is 0 Å². The van der Waals surface area contributed by atoms with Gasteiger partial charge in [-0.15, -0.1) is 13.2 Å². The maximum atomic E-state index is 12.2. The predicted molar refractivity (Wildman–Crippen MR) is 59.7 cm³/mol. The molecule has 0 saturated carbocycles. The number of benzene rings is 1. The van der Waals surface area contributed by atoms with Crippen LogP contribution >= 0.6 is 0 Å². The number of rotatable bonds is 3. The first kappa shape index (κ1) is 13.8. The van der Waals surface area contributed by atoms with E-state index in [4.69, 9.17) is 0 Å². The molecule has 0 bridgehead atoms. The van der Waals surface area contributed by atoms with Crippen LogP contribution in [0.1, 0.15) is 26.3 Å². The van der Waals surface area contributed by atoms with Gasteiger partial charge in [-0.3, -0.25) is 0 Å². The molecule has 96 valence electrons. The molecule has 0 heterocycles. The van der Waals surface area contributed by atoms with Crippen molar-refractivity contribution < 1.29 is 17.9 Å². The number of alkyl halides is 3. The highest BCUT2D eigenvalue weighted by atomic mass is 19.4. The summed E-state index contributed by atoms with van der Waals surface area (Å²) in [5.74, 6) is -0.156. The van der Waals surface area contributed by atoms with Gasteiger partial charge in [0, 0.05) is 17.6 Å². The molecule has 1 N–H and O–H groups in total. The van der Waals surface area contributed by atoms with E-state index in [9.17, 15) is 13.2 Å². The summed E-state index contributed by atoms with van der Waals surface area (Å²) in [6.45, 7) is 6.16. The predicted octanol–water partition coefficient (Wildman–Crippen LogP) is 3.47. The molecule has 0 radical (unpaired) electrons. The second kappa shape index (κ2) is 4.96. The SMILES string of the molecule is CC(C)(C)NCc1ccccc1OC(F)(F)F. The minimum Gasteiger partial charge on any atom is -0.405 e. The molecular formula is C12H16F3NO. The Bertz CT molecular complexity index is 369. The summed E-state index contributed by atoms with van der Waals surface area (Å²) < 4.78 is 40.4. The van der Waals surface area contributed by atoms with E-state index in [1.54, 1.807) is 12.1 Å². The lowest BCUT2D eigenvalue weighted by molar-refractivity contribution is -0.274. The van der Waals surface area contributed by atoms with Crippen molar-refractivity contribution in [3.05, 3.63) is 29.8 Å². The number of nitrogens with one attached hydrogen (secondary N) is 1. The summed E-state index contributed by atoms with van der Waals surface area (Å²) in [7, 11) is 0. The Kier molecular flexibility index (Phi) is 4.03. The highest BCUT2D eigenvalue weighted by Gasteiger charge is 2.31. The summed E-state index contributed by atoms with van der Waals surface area (Å²) >= 11 is 0. The molecule has 0 saturated heterocycles. The Morgan fingerprint density at radius 3 is 2.24 bits per heavy atom. The lowest BCUT2D eigenvalue weighted by atomic mass is 10.1. The standard InChI is InChI=1S/C12H16F3NO/c1-11(2,3)16-8-9-6-4-5-7-10(9)17-12(13,14)15/h4-7,16H,8H2,1-3H3. The highest BCUT2D eigenvalue weighted by molar-refractivity contribution is 5.33. The third-order valence-corrected chi connectivity index (χ3v) is 2.01. The molecule has 0 atom stereocenters. The summed E-state index contributed by atoms with van der Waals surface area (Å²) in [5.41, 5.74) is 0.325. The van der Waals surface area contributed by atoms with Crippen molar-refractivity contribution in [2.24, 2.45) is 0 Å². The van der Waals surface area contributed by atoms with Gasteiger partial charge in [0.2, 0.25) is 0 Å². The number of hydrogen-bond donors (Lipinski definition) is 1. The molecule has 0 aliphatic carbocycles. The van der Waals surface area contributed by atoms with Crippen molar-refractivity contribution in [3.63, 3.8) is 0 Å². The third kappa shape index (κ3) is 5.58. The Morgan fingerprint density at radius 2 is 1.71 bits per heavy atom. The van der Waals surface area contributed by atoms with Crippen molar-refractivity contribution >= 4 is 0 Å². The third-order valence-electron chi connectivity index (χ3n) is 2.01. The summed E-state index contributed by atoms with van der Waals surface area (Å²) in [4.78, 5) is 0. The van der Waals surface area contributed by atoms with Crippen molar-refractivity contribution in [1.29, 1.82) is 0 Å². The van der Waals surface area contributed by atoms with Gasteiger partial charge in [-0.25, -0.2) is 0 Å². The fraction of sp³-hybridized carbons (Fsp3) is 0.500. The van der Waals surface area contributed by atoms with Gasteiger partial charge in [-0.1, -0.05) is 18.2 Å². The second-order valence-corrected chi connectivity index (χ2v) is 4.76. The zero-order chi connectivity index (χ0) is 13.1. The van der Waals surface area contributed by atoms with Gasteiger partial charge >= 0.3 is 6.36 Å². The Hall–Kier alpha value is -1.23. The summed E-state index contributed by atoms with van der Waals surface area (Å²) in [6.07, 6.45) is -4.65. The van der Waals surface area contributed by atoms with E-state index in [0.29, 0.717) is 12.1 Å². The summed E-state index contributed by atoms with van der Waals surface area (Å²) in [6, 6.07) is 6.12. The van der Waals surface area contributed by atoms with E-state index in [2.05, 4.69) is 10.1 Å². The van der Waals surface area contributed by atoms with Crippen molar-refractivity contribution in [3.8, 4) is 5.75 Å². The van der Waals surface area contributed by atoms with Crippen LogP contribution in [0.15, 0.2) is 24.3 Å². The van der Waals surface area contributed by atoms with Crippen LogP contribution in [-0.2, 0) is 6.54 Å². The van der Waals surface area contributed by atoms with Crippen molar-refractivity contribution in [2.75, 3.05) is 0 Å². The van der Waals surface area contributed by atoms with Crippen molar-refractivity contribution in [1.82, 2.24) is 5.32 Å². The van der Waals surface area contributed by atoms with E-state index in [0.717, 1.165) is 0 Å². The van der Waals surface area contributed by atoms with Crippen LogP contribution in [0.4, 0.5) is 13.2 Å². The normalized spacial score (nSPS) is 12.6. The van der Waals surface area contributed by atoms with Crippen LogP contribution in [0.3, 0.4) is 0 Å². The van der Waals surface area contributed by atoms with Crippen LogP contribution in [-0.4, -0.2) is 11.9 Å². The molecule has 0 aliphatic heterocycles. The van der Waals surface area contributed by atoms with Crippen LogP contribution in [0.5, 0.6) is 5.75 Å². The Labute approximate surface area is 98.8 Å². The zero-order valence-corrected chi connectivity index (χ0v) is 10.1. The molecular weight excluding hydrogens is 231 g/mol. The monoisotopic (exact) mass is 247 g/mol. The average molecular weight is 247 g/mol. The van der Waals surface area contributed by atoms with Gasteiger partial charge in [0.25, 0.3) is 0 Å². The maximum absolute atomic E-state index is 12.2. The molecule has 0 aliphatic rings. The molecule has 0 amide bonds. The quantitative estimate of drug-likeness (QED) is 0.883. The van der Waals surface area contributed by atoms with Gasteiger partial charge < -0.3 is 10.1 Å². The number of hydrogen-bond acceptors (Lipinski definition) is 2. The molecule has 5 heteroatoms. The summed E-state index contributed by atoms with van der Waals surface area (Å²) in [5, 5.41) is 3.12. The highest BCUT2D eigenvalue weighted by Crippen LogP contribution is 2.26. The second-order valence-electron chi connectivity index (χ2n) is 4.76. The molecule has 0 spiro atoms. The minimum atomic E-state index is -4.65. The topological polar surface area (TPSA) is 21.3 Å². The average Bonchev–Trinajstić information content (AvgIpc) is 2.12. The van der Waals surface area contributed by atoms with Crippen LogP contribution in [0.25, 0.3) is 0 Å². The van der Waals surface area contributed by atoms with Gasteiger partial charge in [0.15, 0.2) is 0 Å². The lowest BCUT2D eigenvalue weighted by Gasteiger charge is -2.21. The maximum Gasteiger partial charge on any atom is 0.573 e. The Balaban J connectivity index is 2.78. The lowest BCUT2D eigenvalue weighted by Crippen LogP contribution is -2.35. The van der Waals surface area contributed by atoms with E-state index in [1.165, 1.54) is 12.1 Å². The largest absolute Gasteiger partial charge is 0.573 e. The van der Waals surface area contributed by atoms with Crippen LogP contribution in [0, 0.1) is 0 Å². The number of para-hydroxylation sites is 1. The van der Waals surface area contributed by atoms with Gasteiger partial charge in [-0.2, -0.15) is 0 Å². The first-order valence-corrected chi connectivity index (χ1v) is 5.26. The molecule has 1 aromatic carbocycles. The minimum absolute atomic E-state index is 0.156. The first-order chi connectivity index (χ1) is 7.67. The number of halogens is 3. The van der Waals surface area contributed by atoms with E-state index < -0.39 is 6.36 Å². The molecule has 1 aromatic rings. The van der Waals surface area contributed by atoms with E-state index in [-0.39, 0.29) is 11.3 Å². The molecule has 0 unspecified atom stereocenters. The van der Waals surface area contributed by atoms with Crippen LogP contribution < -0.4 is 10.1 Å². The first-order valence-electron chi connectivity index (χ1n) is 5.26. The zero-order valence-electron chi connectivity index (χ0n) is 10.1. The Morgan fingerprint density at radius 1 is 1.12 bits per heavy atom. The smallest absolute Gasteiger partial charge is 0.405 e. The molecule has 0 fully saturated rings. The van der Waals surface area contributed by atoms with Gasteiger partial charge in [-0.05, 0) is 26.8 Å². The fourth-order valence-electron chi connectivity index (χ4n) is 1.23. The molecule has 1 rings (SSSR count).